The van der Waals surface area contributed by atoms with Gasteiger partial charge in [0, 0.05) is 23.3 Å². The Morgan fingerprint density at radius 1 is 0.643 bits per heavy atom. The molecule has 0 saturated heterocycles. The fraction of sp³-hybridized carbons (Fsp3) is 0.778. The standard InChI is InChI=1S/C18H30N8S2/c19-25-15(13-7-3-1-4-8-13)21-23-17(25)27-11-12-28-18-24-22-16(26(18)20)14-9-5-2-6-10-14/h13-14H,1-12,19-20H2. The van der Waals surface area contributed by atoms with Gasteiger partial charge in [-0.1, -0.05) is 62.0 Å². The van der Waals surface area contributed by atoms with Crippen molar-refractivity contribution in [3.63, 3.8) is 0 Å². The van der Waals surface area contributed by atoms with E-state index in [2.05, 4.69) is 20.4 Å². The van der Waals surface area contributed by atoms with E-state index in [4.69, 9.17) is 11.7 Å². The summed E-state index contributed by atoms with van der Waals surface area (Å²) >= 11 is 3.27. The molecule has 0 bridgehead atoms. The Bertz CT molecular complexity index is 697. The van der Waals surface area contributed by atoms with E-state index in [0.29, 0.717) is 11.8 Å². The Labute approximate surface area is 174 Å². The molecule has 2 fully saturated rings. The minimum Gasteiger partial charge on any atom is -0.336 e. The monoisotopic (exact) mass is 422 g/mol. The van der Waals surface area contributed by atoms with Crippen LogP contribution in [0.15, 0.2) is 10.3 Å². The Kier molecular flexibility index (Phi) is 6.66. The van der Waals surface area contributed by atoms with Gasteiger partial charge in [0.2, 0.25) is 10.3 Å². The van der Waals surface area contributed by atoms with Gasteiger partial charge in [-0.05, 0) is 25.7 Å². The molecule has 0 aromatic carbocycles. The molecule has 0 spiro atoms. The summed E-state index contributed by atoms with van der Waals surface area (Å²) in [5, 5.41) is 18.9. The van der Waals surface area contributed by atoms with E-state index in [1.165, 1.54) is 64.2 Å². The summed E-state index contributed by atoms with van der Waals surface area (Å²) in [6.07, 6.45) is 12.4. The topological polar surface area (TPSA) is 113 Å². The minimum atomic E-state index is 0.462. The fourth-order valence-corrected chi connectivity index (χ4v) is 6.01. The van der Waals surface area contributed by atoms with Gasteiger partial charge in [0.05, 0.1) is 0 Å². The maximum absolute atomic E-state index is 6.26. The van der Waals surface area contributed by atoms with Gasteiger partial charge >= 0.3 is 0 Å². The second kappa shape index (κ2) is 9.39. The van der Waals surface area contributed by atoms with Crippen LogP contribution in [0, 0.1) is 0 Å². The molecule has 0 aliphatic heterocycles. The third-order valence-electron chi connectivity index (χ3n) is 5.87. The van der Waals surface area contributed by atoms with E-state index in [9.17, 15) is 0 Å². The predicted molar refractivity (Wildman–Crippen MR) is 113 cm³/mol. The van der Waals surface area contributed by atoms with E-state index >= 15 is 0 Å². The number of rotatable bonds is 7. The van der Waals surface area contributed by atoms with Crippen molar-refractivity contribution in [3.8, 4) is 0 Å². The summed E-state index contributed by atoms with van der Waals surface area (Å²) in [5.41, 5.74) is 0. The van der Waals surface area contributed by atoms with Gasteiger partial charge in [0.25, 0.3) is 0 Å². The highest BCUT2D eigenvalue weighted by molar-refractivity contribution is 8.02. The van der Waals surface area contributed by atoms with E-state index in [1.807, 2.05) is 0 Å². The summed E-state index contributed by atoms with van der Waals surface area (Å²) in [5.74, 6) is 17.1. The largest absolute Gasteiger partial charge is 0.336 e. The molecule has 154 valence electrons. The average Bonchev–Trinajstić information content (AvgIpc) is 3.29. The summed E-state index contributed by atoms with van der Waals surface area (Å²) in [6, 6.07) is 0. The molecule has 4 N–H and O–H groups in total. The summed E-state index contributed by atoms with van der Waals surface area (Å²) in [4.78, 5) is 0. The molecule has 0 unspecified atom stereocenters. The number of nitrogens with two attached hydrogens (primary N) is 2. The molecule has 2 aromatic heterocycles. The Hall–Kier alpha value is -1.42. The number of hydrogen-bond acceptors (Lipinski definition) is 8. The van der Waals surface area contributed by atoms with Gasteiger partial charge < -0.3 is 11.7 Å². The maximum Gasteiger partial charge on any atom is 0.209 e. The van der Waals surface area contributed by atoms with Crippen LogP contribution in [-0.2, 0) is 0 Å². The van der Waals surface area contributed by atoms with Crippen molar-refractivity contribution in [1.29, 1.82) is 0 Å². The Morgan fingerprint density at radius 3 is 1.43 bits per heavy atom. The third kappa shape index (κ3) is 4.42. The molecule has 2 aliphatic rings. The number of aromatic nitrogens is 6. The van der Waals surface area contributed by atoms with Crippen molar-refractivity contribution < 1.29 is 0 Å². The summed E-state index contributed by atoms with van der Waals surface area (Å²) < 4.78 is 3.38. The molecular formula is C18H30N8S2. The Morgan fingerprint density at radius 2 is 1.04 bits per heavy atom. The van der Waals surface area contributed by atoms with Gasteiger partial charge in [0.15, 0.2) is 11.6 Å². The predicted octanol–water partition coefficient (Wildman–Crippen LogP) is 3.28. The highest BCUT2D eigenvalue weighted by Gasteiger charge is 2.24. The van der Waals surface area contributed by atoms with Crippen LogP contribution in [0.3, 0.4) is 0 Å². The number of nitrogen functional groups attached to an aromatic ring is 2. The molecule has 2 heterocycles. The first-order valence-electron chi connectivity index (χ1n) is 10.4. The van der Waals surface area contributed by atoms with Crippen LogP contribution in [0.2, 0.25) is 0 Å². The quantitative estimate of drug-likeness (QED) is 0.397. The van der Waals surface area contributed by atoms with Crippen LogP contribution in [-0.4, -0.2) is 41.3 Å². The first-order chi connectivity index (χ1) is 13.7. The van der Waals surface area contributed by atoms with Crippen LogP contribution >= 0.6 is 23.5 Å². The average molecular weight is 423 g/mol. The smallest absolute Gasteiger partial charge is 0.209 e. The van der Waals surface area contributed by atoms with Gasteiger partial charge in [-0.2, -0.15) is 0 Å². The molecule has 10 heteroatoms. The van der Waals surface area contributed by atoms with Gasteiger partial charge in [-0.25, -0.2) is 9.35 Å². The third-order valence-corrected chi connectivity index (χ3v) is 8.02. The zero-order valence-electron chi connectivity index (χ0n) is 16.3. The zero-order chi connectivity index (χ0) is 19.3. The van der Waals surface area contributed by atoms with Crippen molar-refractivity contribution in [1.82, 2.24) is 29.7 Å². The molecular weight excluding hydrogens is 392 g/mol. The number of nitrogens with zero attached hydrogens (tertiary/aromatic N) is 6. The van der Waals surface area contributed by atoms with Crippen molar-refractivity contribution in [2.75, 3.05) is 23.2 Å². The number of hydrogen-bond donors (Lipinski definition) is 2. The highest BCUT2D eigenvalue weighted by atomic mass is 32.2. The molecule has 2 aromatic rings. The van der Waals surface area contributed by atoms with Gasteiger partial charge in [-0.3, -0.25) is 0 Å². The molecule has 0 atom stereocenters. The first-order valence-corrected chi connectivity index (χ1v) is 12.4. The lowest BCUT2D eigenvalue weighted by atomic mass is 9.89. The van der Waals surface area contributed by atoms with E-state index < -0.39 is 0 Å². The van der Waals surface area contributed by atoms with Crippen molar-refractivity contribution >= 4 is 23.5 Å². The van der Waals surface area contributed by atoms with Crippen LogP contribution in [0.1, 0.15) is 87.7 Å². The van der Waals surface area contributed by atoms with Crippen molar-refractivity contribution in [3.05, 3.63) is 11.6 Å². The Balaban J connectivity index is 1.27. The molecule has 28 heavy (non-hydrogen) atoms. The lowest BCUT2D eigenvalue weighted by molar-refractivity contribution is 0.421. The summed E-state index contributed by atoms with van der Waals surface area (Å²) in [7, 11) is 0. The summed E-state index contributed by atoms with van der Waals surface area (Å²) in [6.45, 7) is 0. The minimum absolute atomic E-state index is 0.462. The first kappa shape index (κ1) is 19.9. The van der Waals surface area contributed by atoms with Crippen molar-refractivity contribution in [2.24, 2.45) is 0 Å². The van der Waals surface area contributed by atoms with Crippen molar-refractivity contribution in [2.45, 2.75) is 86.4 Å². The molecule has 2 aliphatic carbocycles. The van der Waals surface area contributed by atoms with Crippen LogP contribution < -0.4 is 11.7 Å². The second-order valence-electron chi connectivity index (χ2n) is 7.79. The van der Waals surface area contributed by atoms with Gasteiger partial charge in [0.1, 0.15) is 0 Å². The molecule has 0 amide bonds. The van der Waals surface area contributed by atoms with Crippen LogP contribution in [0.25, 0.3) is 0 Å². The van der Waals surface area contributed by atoms with E-state index in [0.717, 1.165) is 33.5 Å². The highest BCUT2D eigenvalue weighted by Crippen LogP contribution is 2.33. The zero-order valence-corrected chi connectivity index (χ0v) is 17.9. The molecule has 4 rings (SSSR count). The van der Waals surface area contributed by atoms with Crippen LogP contribution in [0.5, 0.6) is 0 Å². The van der Waals surface area contributed by atoms with E-state index in [-0.39, 0.29) is 0 Å². The SMILES string of the molecule is Nn1c(SCCSc2nnc(C3CCCCC3)n2N)nnc1C1CCCCC1. The number of thioether (sulfide) groups is 2. The van der Waals surface area contributed by atoms with Crippen LogP contribution in [0.4, 0.5) is 0 Å². The van der Waals surface area contributed by atoms with E-state index in [1.54, 1.807) is 32.9 Å². The van der Waals surface area contributed by atoms with Gasteiger partial charge in [-0.15, -0.1) is 20.4 Å². The molecule has 8 nitrogen and oxygen atoms in total. The fourth-order valence-electron chi connectivity index (χ4n) is 4.32. The lowest BCUT2D eigenvalue weighted by Gasteiger charge is -2.20. The second-order valence-corrected chi connectivity index (χ2v) is 9.91. The lowest BCUT2D eigenvalue weighted by Crippen LogP contribution is -2.19. The maximum atomic E-state index is 6.26. The molecule has 2 saturated carbocycles. The normalized spacial score (nSPS) is 19.3. The molecule has 0 radical (unpaired) electrons.